The predicted molar refractivity (Wildman–Crippen MR) is 83.6 cm³/mol. The number of aromatic nitrogens is 2. The van der Waals surface area contributed by atoms with E-state index < -0.39 is 0 Å². The smallest absolute Gasteiger partial charge is 0.119 e. The summed E-state index contributed by atoms with van der Waals surface area (Å²) < 4.78 is 7.60. The number of hydrogen-bond acceptors (Lipinski definition) is 3. The van der Waals surface area contributed by atoms with Crippen molar-refractivity contribution in [3.63, 3.8) is 0 Å². The van der Waals surface area contributed by atoms with E-state index in [0.717, 1.165) is 24.4 Å². The van der Waals surface area contributed by atoms with Gasteiger partial charge in [-0.2, -0.15) is 5.10 Å². The van der Waals surface area contributed by atoms with Crippen LogP contribution in [-0.2, 0) is 6.54 Å². The summed E-state index contributed by atoms with van der Waals surface area (Å²) in [5.74, 6) is 0.924. The summed E-state index contributed by atoms with van der Waals surface area (Å²) in [4.78, 5) is 0. The molecule has 1 N–H and O–H groups in total. The summed E-state index contributed by atoms with van der Waals surface area (Å²) in [5.41, 5.74) is 3.56. The van der Waals surface area contributed by atoms with E-state index >= 15 is 0 Å². The number of pyridine rings is 1. The van der Waals surface area contributed by atoms with E-state index in [1.165, 1.54) is 11.1 Å². The Balaban J connectivity index is 1.46. The minimum atomic E-state index is 0.655. The molecule has 4 heteroatoms. The number of aryl methyl sites for hydroxylation is 1. The van der Waals surface area contributed by atoms with Crippen molar-refractivity contribution in [2.24, 2.45) is 0 Å². The van der Waals surface area contributed by atoms with Gasteiger partial charge < -0.3 is 10.1 Å². The third kappa shape index (κ3) is 3.41. The molecule has 3 aromatic rings. The highest BCUT2D eigenvalue weighted by Crippen LogP contribution is 2.12. The Morgan fingerprint density at radius 3 is 3.05 bits per heavy atom. The molecule has 0 aliphatic rings. The van der Waals surface area contributed by atoms with Gasteiger partial charge in [0.25, 0.3) is 0 Å². The molecular weight excluding hydrogens is 262 g/mol. The molecule has 1 aromatic carbocycles. The molecule has 0 aliphatic heterocycles. The van der Waals surface area contributed by atoms with Crippen LogP contribution >= 0.6 is 0 Å². The van der Waals surface area contributed by atoms with Crippen molar-refractivity contribution in [1.29, 1.82) is 0 Å². The highest BCUT2D eigenvalue weighted by atomic mass is 16.5. The van der Waals surface area contributed by atoms with Crippen LogP contribution in [-0.4, -0.2) is 22.8 Å². The van der Waals surface area contributed by atoms with Gasteiger partial charge in [-0.1, -0.05) is 18.2 Å². The van der Waals surface area contributed by atoms with Crippen LogP contribution < -0.4 is 10.1 Å². The molecule has 3 rings (SSSR count). The highest BCUT2D eigenvalue weighted by molar-refractivity contribution is 5.53. The molecule has 0 aliphatic carbocycles. The summed E-state index contributed by atoms with van der Waals surface area (Å²) >= 11 is 0. The van der Waals surface area contributed by atoms with Crippen molar-refractivity contribution in [1.82, 2.24) is 14.9 Å². The molecular formula is C17H19N3O. The van der Waals surface area contributed by atoms with Crippen molar-refractivity contribution < 1.29 is 4.74 Å². The van der Waals surface area contributed by atoms with E-state index in [-0.39, 0.29) is 0 Å². The predicted octanol–water partition coefficient (Wildman–Crippen LogP) is 2.81. The molecule has 2 aromatic heterocycles. The van der Waals surface area contributed by atoms with Crippen LogP contribution in [0.25, 0.3) is 5.52 Å². The molecule has 0 saturated heterocycles. The van der Waals surface area contributed by atoms with Gasteiger partial charge in [0.05, 0.1) is 11.7 Å². The number of nitrogens with zero attached hydrogens (tertiary/aromatic N) is 2. The van der Waals surface area contributed by atoms with Gasteiger partial charge in [-0.15, -0.1) is 0 Å². The Bertz CT molecular complexity index is 721. The van der Waals surface area contributed by atoms with E-state index in [9.17, 15) is 0 Å². The normalized spacial score (nSPS) is 10.9. The van der Waals surface area contributed by atoms with Gasteiger partial charge in [0, 0.05) is 24.8 Å². The monoisotopic (exact) mass is 281 g/mol. The maximum Gasteiger partial charge on any atom is 0.119 e. The molecule has 21 heavy (non-hydrogen) atoms. The van der Waals surface area contributed by atoms with Gasteiger partial charge in [0.15, 0.2) is 0 Å². The van der Waals surface area contributed by atoms with Crippen LogP contribution in [0.15, 0.2) is 54.9 Å². The third-order valence-electron chi connectivity index (χ3n) is 3.36. The zero-order valence-corrected chi connectivity index (χ0v) is 12.1. The van der Waals surface area contributed by atoms with E-state index in [1.54, 1.807) is 0 Å². The lowest BCUT2D eigenvalue weighted by Gasteiger charge is -2.07. The molecule has 0 spiro atoms. The number of rotatable bonds is 6. The molecule has 0 amide bonds. The largest absolute Gasteiger partial charge is 0.492 e. The average Bonchev–Trinajstić information content (AvgIpc) is 2.90. The number of nitrogens with one attached hydrogen (secondary N) is 1. The Kier molecular flexibility index (Phi) is 4.17. The first kappa shape index (κ1) is 13.6. The minimum Gasteiger partial charge on any atom is -0.492 e. The van der Waals surface area contributed by atoms with E-state index in [4.69, 9.17) is 4.74 Å². The lowest BCUT2D eigenvalue weighted by Crippen LogP contribution is -2.20. The maximum atomic E-state index is 5.71. The quantitative estimate of drug-likeness (QED) is 0.706. The Morgan fingerprint density at radius 1 is 1.19 bits per heavy atom. The summed E-state index contributed by atoms with van der Waals surface area (Å²) in [6.45, 7) is 4.32. The fourth-order valence-corrected chi connectivity index (χ4v) is 2.29. The van der Waals surface area contributed by atoms with Crippen LogP contribution in [0.3, 0.4) is 0 Å². The van der Waals surface area contributed by atoms with Crippen molar-refractivity contribution in [2.45, 2.75) is 13.5 Å². The number of fused-ring (bicyclic) bond motifs is 1. The SMILES string of the molecule is Cc1cccc(OCCNCc2cnn3ccccc23)c1. The second kappa shape index (κ2) is 6.41. The first-order valence-electron chi connectivity index (χ1n) is 7.14. The number of hydrogen-bond donors (Lipinski definition) is 1. The van der Waals surface area contributed by atoms with Crippen LogP contribution in [0.1, 0.15) is 11.1 Å². The summed E-state index contributed by atoms with van der Waals surface area (Å²) in [5, 5.41) is 7.71. The second-order valence-electron chi connectivity index (χ2n) is 5.04. The Hall–Kier alpha value is -2.33. The lowest BCUT2D eigenvalue weighted by molar-refractivity contribution is 0.313. The molecule has 2 heterocycles. The zero-order chi connectivity index (χ0) is 14.5. The summed E-state index contributed by atoms with van der Waals surface area (Å²) in [7, 11) is 0. The molecule has 0 radical (unpaired) electrons. The zero-order valence-electron chi connectivity index (χ0n) is 12.1. The molecule has 0 atom stereocenters. The van der Waals surface area contributed by atoms with Crippen LogP contribution in [0.2, 0.25) is 0 Å². The minimum absolute atomic E-state index is 0.655. The molecule has 4 nitrogen and oxygen atoms in total. The average molecular weight is 281 g/mol. The standard InChI is InChI=1S/C17H19N3O/c1-14-5-4-6-16(11-14)21-10-8-18-12-15-13-19-20-9-3-2-7-17(15)20/h2-7,9,11,13,18H,8,10,12H2,1H3. The van der Waals surface area contributed by atoms with Gasteiger partial charge in [-0.05, 0) is 36.8 Å². The van der Waals surface area contributed by atoms with Crippen LogP contribution in [0, 0.1) is 6.92 Å². The van der Waals surface area contributed by atoms with Crippen molar-refractivity contribution >= 4 is 5.52 Å². The molecule has 0 bridgehead atoms. The molecule has 0 unspecified atom stereocenters. The van der Waals surface area contributed by atoms with Crippen molar-refractivity contribution in [3.05, 3.63) is 66.0 Å². The van der Waals surface area contributed by atoms with Gasteiger partial charge in [0.2, 0.25) is 0 Å². The van der Waals surface area contributed by atoms with E-state index in [2.05, 4.69) is 29.5 Å². The van der Waals surface area contributed by atoms with Crippen LogP contribution in [0.5, 0.6) is 5.75 Å². The first-order valence-corrected chi connectivity index (χ1v) is 7.14. The van der Waals surface area contributed by atoms with Crippen LogP contribution in [0.4, 0.5) is 0 Å². The van der Waals surface area contributed by atoms with Gasteiger partial charge in [0.1, 0.15) is 12.4 Å². The molecule has 108 valence electrons. The highest BCUT2D eigenvalue weighted by Gasteiger charge is 2.02. The lowest BCUT2D eigenvalue weighted by atomic mass is 10.2. The van der Waals surface area contributed by atoms with Gasteiger partial charge in [-0.25, -0.2) is 4.52 Å². The van der Waals surface area contributed by atoms with Gasteiger partial charge in [-0.3, -0.25) is 0 Å². The topological polar surface area (TPSA) is 38.6 Å². The fourth-order valence-electron chi connectivity index (χ4n) is 2.29. The van der Waals surface area contributed by atoms with E-state index in [1.807, 2.05) is 47.2 Å². The molecule has 0 saturated carbocycles. The second-order valence-corrected chi connectivity index (χ2v) is 5.04. The first-order chi connectivity index (χ1) is 10.3. The van der Waals surface area contributed by atoms with Gasteiger partial charge >= 0.3 is 0 Å². The summed E-state index contributed by atoms with van der Waals surface area (Å²) in [6, 6.07) is 14.2. The summed E-state index contributed by atoms with van der Waals surface area (Å²) in [6.07, 6.45) is 3.86. The maximum absolute atomic E-state index is 5.71. The molecule has 0 fully saturated rings. The van der Waals surface area contributed by atoms with Crippen molar-refractivity contribution in [3.8, 4) is 5.75 Å². The number of ether oxygens (including phenoxy) is 1. The third-order valence-corrected chi connectivity index (χ3v) is 3.36. The fraction of sp³-hybridized carbons (Fsp3) is 0.235. The Labute approximate surface area is 124 Å². The van der Waals surface area contributed by atoms with Crippen molar-refractivity contribution in [2.75, 3.05) is 13.2 Å². The Morgan fingerprint density at radius 2 is 2.14 bits per heavy atom. The van der Waals surface area contributed by atoms with E-state index in [0.29, 0.717) is 6.61 Å². The number of benzene rings is 1.